The van der Waals surface area contributed by atoms with Gasteiger partial charge in [-0.1, -0.05) is 71.7 Å². The van der Waals surface area contributed by atoms with E-state index in [1.807, 2.05) is 83.1 Å². The van der Waals surface area contributed by atoms with Crippen LogP contribution in [0.5, 0.6) is 5.75 Å². The highest BCUT2D eigenvalue weighted by Gasteiger charge is 2.33. The number of carbonyl (C=O) groups excluding carboxylic acids is 2. The summed E-state index contributed by atoms with van der Waals surface area (Å²) in [5, 5.41) is 3.89. The van der Waals surface area contributed by atoms with Gasteiger partial charge >= 0.3 is 0 Å². The summed E-state index contributed by atoms with van der Waals surface area (Å²) in [6.45, 7) is 9.48. The van der Waals surface area contributed by atoms with E-state index >= 15 is 0 Å². The molecule has 0 aliphatic rings. The van der Waals surface area contributed by atoms with Crippen molar-refractivity contribution < 1.29 is 14.3 Å². The Kier molecular flexibility index (Phi) is 9.63. The lowest BCUT2D eigenvalue weighted by Crippen LogP contribution is -2.55. The van der Waals surface area contributed by atoms with Crippen LogP contribution in [0.4, 0.5) is 0 Å². The normalized spacial score (nSPS) is 12.1. The summed E-state index contributed by atoms with van der Waals surface area (Å²) < 4.78 is 5.95. The van der Waals surface area contributed by atoms with Crippen molar-refractivity contribution in [1.82, 2.24) is 10.2 Å². The van der Waals surface area contributed by atoms with Gasteiger partial charge in [-0.05, 0) is 69.5 Å². The number of halogens is 2. The molecule has 0 aromatic heterocycles. The van der Waals surface area contributed by atoms with E-state index in [1.165, 1.54) is 4.90 Å². The van der Waals surface area contributed by atoms with Crippen LogP contribution in [0.1, 0.15) is 43.0 Å². The van der Waals surface area contributed by atoms with E-state index in [2.05, 4.69) is 5.32 Å². The molecule has 5 nitrogen and oxygen atoms in total. The second kappa shape index (κ2) is 12.5. The highest BCUT2D eigenvalue weighted by atomic mass is 35.5. The number of hydrogen-bond donors (Lipinski definition) is 1. The number of ether oxygens (including phenoxy) is 1. The molecule has 3 aromatic carbocycles. The van der Waals surface area contributed by atoms with E-state index in [0.717, 1.165) is 16.7 Å². The molecule has 0 radical (unpaired) electrons. The largest absolute Gasteiger partial charge is 0.483 e. The zero-order chi connectivity index (χ0) is 27.2. The first-order valence-electron chi connectivity index (χ1n) is 12.2. The van der Waals surface area contributed by atoms with Gasteiger partial charge in [0.15, 0.2) is 6.61 Å². The summed E-state index contributed by atoms with van der Waals surface area (Å²) in [7, 11) is 0. The Morgan fingerprint density at radius 2 is 1.54 bits per heavy atom. The molecule has 0 bridgehead atoms. The van der Waals surface area contributed by atoms with Gasteiger partial charge in [-0.25, -0.2) is 0 Å². The van der Waals surface area contributed by atoms with Crippen LogP contribution in [0.2, 0.25) is 10.0 Å². The summed E-state index contributed by atoms with van der Waals surface area (Å²) >= 11 is 13.0. The molecule has 0 fully saturated rings. The standard InChI is InChI=1S/C30H34Cl2N2O3/c1-20-11-9-16-27(21(20)2)37-19-28(35)34(18-23-24(31)14-10-15-25(23)32)26(29(36)33-30(3,4)5)17-22-12-7-6-8-13-22/h6-16,26H,17-19H2,1-5H3,(H,33,36). The van der Waals surface area contributed by atoms with Gasteiger partial charge in [0, 0.05) is 34.1 Å². The topological polar surface area (TPSA) is 58.6 Å². The van der Waals surface area contributed by atoms with E-state index in [0.29, 0.717) is 27.8 Å². The first-order chi connectivity index (χ1) is 17.5. The van der Waals surface area contributed by atoms with Crippen molar-refractivity contribution in [3.8, 4) is 5.75 Å². The monoisotopic (exact) mass is 540 g/mol. The molecule has 0 heterocycles. The van der Waals surface area contributed by atoms with Crippen LogP contribution >= 0.6 is 23.2 Å². The minimum absolute atomic E-state index is 0.0581. The fourth-order valence-corrected chi connectivity index (χ4v) is 4.48. The van der Waals surface area contributed by atoms with Gasteiger partial charge in [0.25, 0.3) is 5.91 Å². The summed E-state index contributed by atoms with van der Waals surface area (Å²) in [5.74, 6) is 0.0179. The number of carbonyl (C=O) groups is 2. The molecule has 0 saturated heterocycles. The lowest BCUT2D eigenvalue weighted by Gasteiger charge is -2.34. The lowest BCUT2D eigenvalue weighted by atomic mass is 10.0. The van der Waals surface area contributed by atoms with Crippen molar-refractivity contribution in [3.63, 3.8) is 0 Å². The molecule has 3 aromatic rings. The molecule has 196 valence electrons. The van der Waals surface area contributed by atoms with Crippen molar-refractivity contribution in [1.29, 1.82) is 0 Å². The molecular weight excluding hydrogens is 507 g/mol. The third-order valence-electron chi connectivity index (χ3n) is 6.07. The molecule has 1 atom stereocenters. The Bertz CT molecular complexity index is 1220. The molecule has 1 unspecified atom stereocenters. The second-order valence-electron chi connectivity index (χ2n) is 10.2. The van der Waals surface area contributed by atoms with Gasteiger partial charge in [-0.15, -0.1) is 0 Å². The van der Waals surface area contributed by atoms with Gasteiger partial charge < -0.3 is 15.0 Å². The first kappa shape index (κ1) is 28.5. The average molecular weight is 542 g/mol. The molecule has 0 aliphatic heterocycles. The summed E-state index contributed by atoms with van der Waals surface area (Å²) in [4.78, 5) is 28.9. The highest BCUT2D eigenvalue weighted by Crippen LogP contribution is 2.28. The van der Waals surface area contributed by atoms with Crippen LogP contribution in [0.3, 0.4) is 0 Å². The number of nitrogens with zero attached hydrogens (tertiary/aromatic N) is 1. The van der Waals surface area contributed by atoms with Crippen LogP contribution < -0.4 is 10.1 Å². The van der Waals surface area contributed by atoms with Crippen molar-refractivity contribution >= 4 is 35.0 Å². The molecule has 3 rings (SSSR count). The smallest absolute Gasteiger partial charge is 0.261 e. The van der Waals surface area contributed by atoms with Crippen LogP contribution in [0.15, 0.2) is 66.7 Å². The van der Waals surface area contributed by atoms with E-state index in [9.17, 15) is 9.59 Å². The summed E-state index contributed by atoms with van der Waals surface area (Å²) in [6, 6.07) is 19.7. The Balaban J connectivity index is 2.00. The number of rotatable bonds is 9. The predicted molar refractivity (Wildman–Crippen MR) is 150 cm³/mol. The summed E-state index contributed by atoms with van der Waals surface area (Å²) in [6.07, 6.45) is 0.319. The molecule has 0 aliphatic carbocycles. The first-order valence-corrected chi connectivity index (χ1v) is 13.0. The van der Waals surface area contributed by atoms with Crippen molar-refractivity contribution in [2.45, 2.75) is 59.2 Å². The molecule has 1 N–H and O–H groups in total. The van der Waals surface area contributed by atoms with Crippen molar-refractivity contribution in [2.75, 3.05) is 6.61 Å². The molecule has 2 amide bonds. The molecule has 0 spiro atoms. The fraction of sp³-hybridized carbons (Fsp3) is 0.333. The van der Waals surface area contributed by atoms with Gasteiger partial charge in [0.05, 0.1) is 0 Å². The van der Waals surface area contributed by atoms with Crippen molar-refractivity contribution in [3.05, 3.63) is 99.0 Å². The van der Waals surface area contributed by atoms with Crippen LogP contribution in [-0.4, -0.2) is 34.9 Å². The van der Waals surface area contributed by atoms with Crippen LogP contribution in [-0.2, 0) is 22.6 Å². The van der Waals surface area contributed by atoms with E-state index in [4.69, 9.17) is 27.9 Å². The average Bonchev–Trinajstić information content (AvgIpc) is 2.83. The minimum atomic E-state index is -0.816. The Hall–Kier alpha value is -3.02. The van der Waals surface area contributed by atoms with Gasteiger partial charge in [-0.3, -0.25) is 9.59 Å². The Morgan fingerprint density at radius 3 is 2.16 bits per heavy atom. The van der Waals surface area contributed by atoms with E-state index in [-0.39, 0.29) is 25.0 Å². The zero-order valence-electron chi connectivity index (χ0n) is 22.0. The molecule has 7 heteroatoms. The number of hydrogen-bond acceptors (Lipinski definition) is 3. The highest BCUT2D eigenvalue weighted by molar-refractivity contribution is 6.36. The Labute approximate surface area is 229 Å². The third kappa shape index (κ3) is 7.98. The maximum absolute atomic E-state index is 13.8. The minimum Gasteiger partial charge on any atom is -0.483 e. The molecule has 0 saturated carbocycles. The fourth-order valence-electron chi connectivity index (χ4n) is 3.96. The maximum Gasteiger partial charge on any atom is 0.261 e. The maximum atomic E-state index is 13.8. The van der Waals surface area contributed by atoms with Gasteiger partial charge in [0.2, 0.25) is 5.91 Å². The molecular formula is C30H34Cl2N2O3. The van der Waals surface area contributed by atoms with Gasteiger partial charge in [0.1, 0.15) is 11.8 Å². The lowest BCUT2D eigenvalue weighted by molar-refractivity contribution is -0.143. The predicted octanol–water partition coefficient (Wildman–Crippen LogP) is 6.54. The van der Waals surface area contributed by atoms with Gasteiger partial charge in [-0.2, -0.15) is 0 Å². The number of benzene rings is 3. The second-order valence-corrected chi connectivity index (χ2v) is 11.0. The van der Waals surface area contributed by atoms with Crippen molar-refractivity contribution in [2.24, 2.45) is 0 Å². The van der Waals surface area contributed by atoms with Crippen LogP contribution in [0.25, 0.3) is 0 Å². The van der Waals surface area contributed by atoms with E-state index in [1.54, 1.807) is 18.2 Å². The SMILES string of the molecule is Cc1cccc(OCC(=O)N(Cc2c(Cl)cccc2Cl)C(Cc2ccccc2)C(=O)NC(C)(C)C)c1C. The number of nitrogens with one attached hydrogen (secondary N) is 1. The third-order valence-corrected chi connectivity index (χ3v) is 6.77. The quantitative estimate of drug-likeness (QED) is 0.335. The van der Waals surface area contributed by atoms with E-state index < -0.39 is 11.6 Å². The number of aryl methyl sites for hydroxylation is 1. The number of amides is 2. The summed E-state index contributed by atoms with van der Waals surface area (Å²) in [5.41, 5.74) is 3.04. The molecule has 37 heavy (non-hydrogen) atoms. The Morgan fingerprint density at radius 1 is 0.919 bits per heavy atom. The zero-order valence-corrected chi connectivity index (χ0v) is 23.5. The van der Waals surface area contributed by atoms with Crippen LogP contribution in [0, 0.1) is 13.8 Å².